The highest BCUT2D eigenvalue weighted by atomic mass is 16.6. The molecule has 3 heterocycles. The smallest absolute Gasteiger partial charge is 0.199 e. The SMILES string of the molecule is CCn1c(-c2nonc2N)nc2cncc(Nc3ccc(OC)cc3)c21. The lowest BCUT2D eigenvalue weighted by Gasteiger charge is -2.11. The van der Waals surface area contributed by atoms with E-state index in [4.69, 9.17) is 15.1 Å². The van der Waals surface area contributed by atoms with Crippen LogP contribution >= 0.6 is 0 Å². The van der Waals surface area contributed by atoms with Crippen LogP contribution in [-0.2, 0) is 6.54 Å². The number of aryl methyl sites for hydroxylation is 1. The molecule has 0 radical (unpaired) electrons. The molecule has 0 bridgehead atoms. The molecule has 0 aliphatic heterocycles. The zero-order valence-electron chi connectivity index (χ0n) is 14.3. The van der Waals surface area contributed by atoms with E-state index in [0.29, 0.717) is 18.1 Å². The van der Waals surface area contributed by atoms with E-state index in [-0.39, 0.29) is 5.82 Å². The number of rotatable bonds is 5. The Morgan fingerprint density at radius 3 is 2.65 bits per heavy atom. The van der Waals surface area contributed by atoms with Crippen molar-refractivity contribution in [3.05, 3.63) is 36.7 Å². The van der Waals surface area contributed by atoms with Crippen molar-refractivity contribution in [3.63, 3.8) is 0 Å². The summed E-state index contributed by atoms with van der Waals surface area (Å²) in [6.07, 6.45) is 3.46. The lowest BCUT2D eigenvalue weighted by molar-refractivity contribution is 0.310. The summed E-state index contributed by atoms with van der Waals surface area (Å²) in [5, 5.41) is 10.9. The Hall–Kier alpha value is -3.62. The van der Waals surface area contributed by atoms with Crippen molar-refractivity contribution in [1.29, 1.82) is 0 Å². The molecule has 0 saturated heterocycles. The van der Waals surface area contributed by atoms with Gasteiger partial charge in [0.15, 0.2) is 17.3 Å². The quantitative estimate of drug-likeness (QED) is 0.564. The summed E-state index contributed by atoms with van der Waals surface area (Å²) in [6, 6.07) is 7.65. The van der Waals surface area contributed by atoms with Crippen molar-refractivity contribution in [2.24, 2.45) is 0 Å². The number of nitrogens with zero attached hydrogens (tertiary/aromatic N) is 5. The highest BCUT2D eigenvalue weighted by molar-refractivity contribution is 5.92. The van der Waals surface area contributed by atoms with Crippen LogP contribution in [0, 0.1) is 0 Å². The molecule has 0 amide bonds. The zero-order valence-corrected chi connectivity index (χ0v) is 14.3. The Kier molecular flexibility index (Phi) is 3.88. The summed E-state index contributed by atoms with van der Waals surface area (Å²) in [5.74, 6) is 1.58. The number of nitrogen functional groups attached to an aromatic ring is 1. The van der Waals surface area contributed by atoms with E-state index in [9.17, 15) is 0 Å². The van der Waals surface area contributed by atoms with Gasteiger partial charge in [-0.2, -0.15) is 0 Å². The number of anilines is 3. The number of benzene rings is 1. The van der Waals surface area contributed by atoms with Gasteiger partial charge in [0.2, 0.25) is 0 Å². The number of hydrogen-bond donors (Lipinski definition) is 2. The molecule has 4 aromatic rings. The summed E-state index contributed by atoms with van der Waals surface area (Å²) in [4.78, 5) is 8.90. The Labute approximate surface area is 148 Å². The van der Waals surface area contributed by atoms with Crippen LogP contribution in [0.5, 0.6) is 5.75 Å². The fraction of sp³-hybridized carbons (Fsp3) is 0.176. The van der Waals surface area contributed by atoms with E-state index in [0.717, 1.165) is 28.2 Å². The first-order valence-corrected chi connectivity index (χ1v) is 8.05. The van der Waals surface area contributed by atoms with E-state index in [1.54, 1.807) is 19.5 Å². The number of aromatic nitrogens is 5. The molecule has 0 aliphatic rings. The van der Waals surface area contributed by atoms with Gasteiger partial charge in [0, 0.05) is 12.2 Å². The number of nitrogens with one attached hydrogen (secondary N) is 1. The second-order valence-corrected chi connectivity index (χ2v) is 5.59. The predicted molar refractivity (Wildman–Crippen MR) is 97.2 cm³/mol. The number of fused-ring (bicyclic) bond motifs is 1. The van der Waals surface area contributed by atoms with E-state index >= 15 is 0 Å². The highest BCUT2D eigenvalue weighted by Crippen LogP contribution is 2.31. The molecular weight excluding hydrogens is 334 g/mol. The van der Waals surface area contributed by atoms with Gasteiger partial charge in [0.25, 0.3) is 0 Å². The molecule has 3 N–H and O–H groups in total. The first kappa shape index (κ1) is 15.9. The van der Waals surface area contributed by atoms with Crippen molar-refractivity contribution < 1.29 is 9.37 Å². The predicted octanol–water partition coefficient (Wildman–Crippen LogP) is 2.84. The Bertz CT molecular complexity index is 1050. The molecule has 3 aromatic heterocycles. The maximum absolute atomic E-state index is 5.84. The molecule has 132 valence electrons. The van der Waals surface area contributed by atoms with E-state index in [1.807, 2.05) is 35.8 Å². The van der Waals surface area contributed by atoms with Gasteiger partial charge in [-0.25, -0.2) is 9.61 Å². The van der Waals surface area contributed by atoms with Crippen LogP contribution in [0.4, 0.5) is 17.2 Å². The Morgan fingerprint density at radius 2 is 2.00 bits per heavy atom. The molecular formula is C17H17N7O2. The molecule has 0 saturated carbocycles. The minimum Gasteiger partial charge on any atom is -0.497 e. The van der Waals surface area contributed by atoms with Gasteiger partial charge >= 0.3 is 0 Å². The average Bonchev–Trinajstić information content (AvgIpc) is 3.25. The van der Waals surface area contributed by atoms with Crippen LogP contribution in [0.25, 0.3) is 22.6 Å². The minimum absolute atomic E-state index is 0.202. The third-order valence-corrected chi connectivity index (χ3v) is 4.06. The third-order valence-electron chi connectivity index (χ3n) is 4.06. The first-order chi connectivity index (χ1) is 12.7. The van der Waals surface area contributed by atoms with Crippen LogP contribution in [-0.4, -0.2) is 32.0 Å². The van der Waals surface area contributed by atoms with Crippen molar-refractivity contribution in [3.8, 4) is 17.3 Å². The molecule has 9 nitrogen and oxygen atoms in total. The second-order valence-electron chi connectivity index (χ2n) is 5.59. The highest BCUT2D eigenvalue weighted by Gasteiger charge is 2.20. The van der Waals surface area contributed by atoms with Crippen molar-refractivity contribution in [1.82, 2.24) is 24.8 Å². The maximum atomic E-state index is 5.84. The van der Waals surface area contributed by atoms with Gasteiger partial charge in [0.1, 0.15) is 11.3 Å². The molecule has 0 unspecified atom stereocenters. The van der Waals surface area contributed by atoms with Crippen molar-refractivity contribution >= 4 is 28.2 Å². The molecule has 0 fully saturated rings. The van der Waals surface area contributed by atoms with Crippen LogP contribution in [0.1, 0.15) is 6.92 Å². The first-order valence-electron chi connectivity index (χ1n) is 8.05. The summed E-state index contributed by atoms with van der Waals surface area (Å²) in [7, 11) is 1.64. The molecule has 4 rings (SSSR count). The van der Waals surface area contributed by atoms with E-state index < -0.39 is 0 Å². The summed E-state index contributed by atoms with van der Waals surface area (Å²) < 4.78 is 11.9. The molecule has 0 spiro atoms. The molecule has 0 atom stereocenters. The van der Waals surface area contributed by atoms with Crippen LogP contribution in [0.2, 0.25) is 0 Å². The number of ether oxygens (including phenoxy) is 1. The molecule has 0 aliphatic carbocycles. The van der Waals surface area contributed by atoms with Crippen LogP contribution in [0.3, 0.4) is 0 Å². The van der Waals surface area contributed by atoms with Crippen LogP contribution in [0.15, 0.2) is 41.3 Å². The van der Waals surface area contributed by atoms with Gasteiger partial charge in [-0.1, -0.05) is 0 Å². The molecule has 1 aromatic carbocycles. The third kappa shape index (κ3) is 2.59. The van der Waals surface area contributed by atoms with Crippen molar-refractivity contribution in [2.45, 2.75) is 13.5 Å². The minimum atomic E-state index is 0.202. The fourth-order valence-electron chi connectivity index (χ4n) is 2.85. The lowest BCUT2D eigenvalue weighted by Crippen LogP contribution is -2.02. The average molecular weight is 351 g/mol. The van der Waals surface area contributed by atoms with Gasteiger partial charge in [0.05, 0.1) is 30.7 Å². The van der Waals surface area contributed by atoms with Gasteiger partial charge in [-0.15, -0.1) is 0 Å². The zero-order chi connectivity index (χ0) is 18.1. The van der Waals surface area contributed by atoms with Crippen LogP contribution < -0.4 is 15.8 Å². The largest absolute Gasteiger partial charge is 0.497 e. The number of methoxy groups -OCH3 is 1. The molecule has 9 heteroatoms. The number of pyridine rings is 1. The van der Waals surface area contributed by atoms with Gasteiger partial charge in [-0.3, -0.25) is 4.98 Å². The monoisotopic (exact) mass is 351 g/mol. The topological polar surface area (TPSA) is 117 Å². The number of hydrogen-bond acceptors (Lipinski definition) is 8. The van der Waals surface area contributed by atoms with E-state index in [1.165, 1.54) is 0 Å². The summed E-state index contributed by atoms with van der Waals surface area (Å²) in [5.41, 5.74) is 9.61. The number of nitrogens with two attached hydrogens (primary N) is 1. The Balaban J connectivity index is 1.82. The van der Waals surface area contributed by atoms with Gasteiger partial charge in [-0.05, 0) is 41.5 Å². The second kappa shape index (κ2) is 6.36. The lowest BCUT2D eigenvalue weighted by atomic mass is 10.2. The van der Waals surface area contributed by atoms with E-state index in [2.05, 4.69) is 25.6 Å². The standard InChI is InChI=1S/C17H17N7O2/c1-3-24-15-12(20-10-4-6-11(25-2)7-5-10)8-19-9-13(15)21-17(24)14-16(18)23-26-22-14/h4-9,20H,3H2,1-2H3,(H2,18,23). The number of imidazole rings is 1. The maximum Gasteiger partial charge on any atom is 0.199 e. The Morgan fingerprint density at radius 1 is 1.19 bits per heavy atom. The molecule has 26 heavy (non-hydrogen) atoms. The fourth-order valence-corrected chi connectivity index (χ4v) is 2.85. The van der Waals surface area contributed by atoms with Crippen molar-refractivity contribution in [2.75, 3.05) is 18.2 Å². The summed E-state index contributed by atoms with van der Waals surface area (Å²) in [6.45, 7) is 2.69. The summed E-state index contributed by atoms with van der Waals surface area (Å²) >= 11 is 0. The van der Waals surface area contributed by atoms with Gasteiger partial charge < -0.3 is 20.4 Å². The normalized spacial score (nSPS) is 11.0.